The lowest BCUT2D eigenvalue weighted by molar-refractivity contribution is -0.111. The van der Waals surface area contributed by atoms with E-state index in [0.29, 0.717) is 36.7 Å². The number of ether oxygens (including phenoxy) is 1. The Balaban J connectivity index is 1.21. The van der Waals surface area contributed by atoms with E-state index in [2.05, 4.69) is 29.9 Å². The lowest BCUT2D eigenvalue weighted by atomic mass is 10.1. The molecule has 0 saturated carbocycles. The van der Waals surface area contributed by atoms with Crippen LogP contribution in [0, 0.1) is 0 Å². The molecule has 2 aromatic heterocycles. The monoisotopic (exact) mass is 575 g/mol. The molecule has 1 aliphatic heterocycles. The Morgan fingerprint density at radius 1 is 1.05 bits per heavy atom. The number of likely N-dealkylation sites (N-methyl/N-ethyl adjacent to an activating group) is 1. The first-order chi connectivity index (χ1) is 19.8. The summed E-state index contributed by atoms with van der Waals surface area (Å²) in [7, 11) is 0.182. The van der Waals surface area contributed by atoms with Crippen LogP contribution in [0.4, 0.5) is 17.2 Å². The first-order valence-corrected chi connectivity index (χ1v) is 14.9. The normalized spacial score (nSPS) is 14.2. The third kappa shape index (κ3) is 7.48. The zero-order chi connectivity index (χ0) is 28.8. The number of aromatic nitrogens is 3. The van der Waals surface area contributed by atoms with Crippen LogP contribution in [-0.2, 0) is 25.3 Å². The summed E-state index contributed by atoms with van der Waals surface area (Å²) in [4.78, 5) is 28.4. The van der Waals surface area contributed by atoms with E-state index in [1.54, 1.807) is 48.8 Å². The number of hydrogen-bond donors (Lipinski definition) is 3. The van der Waals surface area contributed by atoms with Gasteiger partial charge < -0.3 is 24.8 Å². The summed E-state index contributed by atoms with van der Waals surface area (Å²) in [6, 6.07) is 15.9. The Morgan fingerprint density at radius 2 is 1.76 bits per heavy atom. The maximum Gasteiger partial charge on any atom is 0.248 e. The van der Waals surface area contributed by atoms with Crippen molar-refractivity contribution in [2.75, 3.05) is 61.9 Å². The number of carbonyl (C=O) groups excluding carboxylic acids is 1. The number of sulfonamides is 1. The van der Waals surface area contributed by atoms with E-state index >= 15 is 0 Å². The quantitative estimate of drug-likeness (QED) is 0.245. The van der Waals surface area contributed by atoms with Crippen molar-refractivity contribution in [3.63, 3.8) is 0 Å². The molecule has 1 aliphatic rings. The molecule has 1 saturated heterocycles. The van der Waals surface area contributed by atoms with Crippen LogP contribution >= 0.6 is 0 Å². The molecule has 1 fully saturated rings. The summed E-state index contributed by atoms with van der Waals surface area (Å²) >= 11 is 0. The first-order valence-electron chi connectivity index (χ1n) is 13.2. The fourth-order valence-electron chi connectivity index (χ4n) is 4.50. The number of anilines is 3. The van der Waals surface area contributed by atoms with Crippen LogP contribution in [-0.4, -0.2) is 81.1 Å². The Bertz CT molecular complexity index is 1630. The molecule has 0 unspecified atom stereocenters. The summed E-state index contributed by atoms with van der Waals surface area (Å²) in [6.45, 7) is 3.54. The topological polar surface area (TPSA) is 133 Å². The fourth-order valence-corrected chi connectivity index (χ4v) is 5.70. The van der Waals surface area contributed by atoms with Crippen molar-refractivity contribution in [3.8, 4) is 11.3 Å². The molecule has 41 heavy (non-hydrogen) atoms. The smallest absolute Gasteiger partial charge is 0.248 e. The number of carbonyl (C=O) groups is 1. The number of H-pyrrole nitrogens is 1. The molecule has 0 aliphatic carbocycles. The second-order valence-electron chi connectivity index (χ2n) is 10.0. The molecule has 2 aromatic carbocycles. The number of rotatable bonds is 10. The minimum Gasteiger partial charge on any atom is -0.378 e. The van der Waals surface area contributed by atoms with Gasteiger partial charge in [-0.3, -0.25) is 9.52 Å². The molecule has 4 aromatic rings. The highest BCUT2D eigenvalue weighted by atomic mass is 32.2. The van der Waals surface area contributed by atoms with Crippen LogP contribution in [0.15, 0.2) is 73.1 Å². The molecule has 214 valence electrons. The number of morpholine rings is 1. The number of benzene rings is 2. The van der Waals surface area contributed by atoms with Gasteiger partial charge in [-0.15, -0.1) is 0 Å². The van der Waals surface area contributed by atoms with Crippen LogP contribution < -0.4 is 14.9 Å². The Morgan fingerprint density at radius 3 is 2.46 bits per heavy atom. The lowest BCUT2D eigenvalue weighted by Crippen LogP contribution is -2.36. The van der Waals surface area contributed by atoms with Crippen molar-refractivity contribution < 1.29 is 17.9 Å². The van der Waals surface area contributed by atoms with Gasteiger partial charge in [-0.25, -0.2) is 18.4 Å². The molecule has 5 rings (SSSR count). The van der Waals surface area contributed by atoms with Gasteiger partial charge in [-0.05, 0) is 55.6 Å². The van der Waals surface area contributed by atoms with Gasteiger partial charge in [-0.1, -0.05) is 30.3 Å². The Kier molecular flexibility index (Phi) is 8.62. The van der Waals surface area contributed by atoms with Gasteiger partial charge in [0.2, 0.25) is 15.9 Å². The molecule has 0 atom stereocenters. The van der Waals surface area contributed by atoms with Crippen molar-refractivity contribution in [3.05, 3.63) is 78.6 Å². The van der Waals surface area contributed by atoms with Crippen molar-refractivity contribution >= 4 is 44.2 Å². The molecule has 11 nitrogen and oxygen atoms in total. The van der Waals surface area contributed by atoms with Gasteiger partial charge in [0.25, 0.3) is 0 Å². The molecular formula is C29H33N7O4S. The van der Waals surface area contributed by atoms with Crippen molar-refractivity contribution in [2.24, 2.45) is 0 Å². The zero-order valence-corrected chi connectivity index (χ0v) is 23.8. The van der Waals surface area contributed by atoms with E-state index in [4.69, 9.17) is 4.74 Å². The predicted octanol–water partition coefficient (Wildman–Crippen LogP) is 3.46. The van der Waals surface area contributed by atoms with Gasteiger partial charge in [0.1, 0.15) is 17.8 Å². The maximum absolute atomic E-state index is 12.8. The summed E-state index contributed by atoms with van der Waals surface area (Å²) in [5.74, 6) is 0.434. The fraction of sp³-hybridized carbons (Fsp3) is 0.276. The third-order valence-corrected chi connectivity index (χ3v) is 7.76. The molecule has 12 heteroatoms. The second-order valence-corrected chi connectivity index (χ2v) is 11.8. The number of aromatic amines is 1. The van der Waals surface area contributed by atoms with E-state index in [1.165, 1.54) is 6.08 Å². The van der Waals surface area contributed by atoms with E-state index in [0.717, 1.165) is 41.2 Å². The standard InChI is InChI=1S/C29H33N7O4S/c1-35(2)13-3-4-27(37)32-23-9-5-21(6-10-23)19-41(38,39)34-24-11-7-22(8-12-24)26-18-25-28(33-26)30-20-31-29(25)36-14-16-40-17-15-36/h3-12,18,20,34H,13-17,19H2,1-2H3,(H,32,37)(H,30,31,33)/b4-3+. The minimum absolute atomic E-state index is 0.198. The highest BCUT2D eigenvalue weighted by Gasteiger charge is 2.18. The van der Waals surface area contributed by atoms with Gasteiger partial charge in [0.15, 0.2) is 0 Å². The Hall–Kier alpha value is -4.26. The number of amides is 1. The minimum atomic E-state index is -3.65. The van der Waals surface area contributed by atoms with Crippen molar-refractivity contribution in [1.29, 1.82) is 0 Å². The van der Waals surface area contributed by atoms with Gasteiger partial charge in [0, 0.05) is 42.8 Å². The second kappa shape index (κ2) is 12.5. The van der Waals surface area contributed by atoms with E-state index in [1.807, 2.05) is 37.2 Å². The summed E-state index contributed by atoms with van der Waals surface area (Å²) < 4.78 is 33.8. The van der Waals surface area contributed by atoms with Gasteiger partial charge in [0.05, 0.1) is 24.4 Å². The molecule has 0 radical (unpaired) electrons. The van der Waals surface area contributed by atoms with Crippen LogP contribution in [0.2, 0.25) is 0 Å². The lowest BCUT2D eigenvalue weighted by Gasteiger charge is -2.27. The molecule has 1 amide bonds. The van der Waals surface area contributed by atoms with Crippen molar-refractivity contribution in [1.82, 2.24) is 19.9 Å². The molecular weight excluding hydrogens is 542 g/mol. The van der Waals surface area contributed by atoms with Gasteiger partial charge >= 0.3 is 0 Å². The van der Waals surface area contributed by atoms with Crippen molar-refractivity contribution in [2.45, 2.75) is 5.75 Å². The Labute approximate surface area is 239 Å². The molecule has 3 N–H and O–H groups in total. The highest BCUT2D eigenvalue weighted by molar-refractivity contribution is 7.91. The number of fused-ring (bicyclic) bond motifs is 1. The average molecular weight is 576 g/mol. The maximum atomic E-state index is 12.8. The zero-order valence-electron chi connectivity index (χ0n) is 23.0. The molecule has 0 bridgehead atoms. The van der Waals surface area contributed by atoms with E-state index in [9.17, 15) is 13.2 Å². The summed E-state index contributed by atoms with van der Waals surface area (Å²) in [5, 5.41) is 3.70. The predicted molar refractivity (Wildman–Crippen MR) is 161 cm³/mol. The SMILES string of the molecule is CN(C)C/C=C/C(=O)Nc1ccc(CS(=O)(=O)Nc2ccc(-c3cc4c(N5CCOCC5)ncnc4[nH]3)cc2)cc1. The first kappa shape index (κ1) is 28.3. The van der Waals surface area contributed by atoms with Crippen LogP contribution in [0.5, 0.6) is 0 Å². The van der Waals surface area contributed by atoms with Crippen LogP contribution in [0.25, 0.3) is 22.3 Å². The summed E-state index contributed by atoms with van der Waals surface area (Å²) in [6.07, 6.45) is 4.80. The summed E-state index contributed by atoms with van der Waals surface area (Å²) in [5.41, 5.74) is 4.16. The largest absolute Gasteiger partial charge is 0.378 e. The van der Waals surface area contributed by atoms with Crippen LogP contribution in [0.1, 0.15) is 5.56 Å². The van der Waals surface area contributed by atoms with E-state index < -0.39 is 10.0 Å². The molecule has 3 heterocycles. The van der Waals surface area contributed by atoms with Gasteiger partial charge in [-0.2, -0.15) is 0 Å². The number of nitrogens with zero attached hydrogens (tertiary/aromatic N) is 4. The average Bonchev–Trinajstić information content (AvgIpc) is 3.39. The molecule has 0 spiro atoms. The highest BCUT2D eigenvalue weighted by Crippen LogP contribution is 2.30. The number of nitrogens with one attached hydrogen (secondary N) is 3. The van der Waals surface area contributed by atoms with E-state index in [-0.39, 0.29) is 11.7 Å². The third-order valence-electron chi connectivity index (χ3n) is 6.50. The number of hydrogen-bond acceptors (Lipinski definition) is 8. The van der Waals surface area contributed by atoms with Crippen LogP contribution in [0.3, 0.4) is 0 Å².